The van der Waals surface area contributed by atoms with Crippen LogP contribution in [0.15, 0.2) is 48.5 Å². The van der Waals surface area contributed by atoms with Crippen LogP contribution < -0.4 is 14.4 Å². The Morgan fingerprint density at radius 3 is 2.04 bits per heavy atom. The average Bonchev–Trinajstić information content (AvgIpc) is 3.52. The summed E-state index contributed by atoms with van der Waals surface area (Å²) in [4.78, 5) is 2.32. The first kappa shape index (κ1) is 15.3. The summed E-state index contributed by atoms with van der Waals surface area (Å²) in [7, 11) is 1.64. The van der Waals surface area contributed by atoms with Gasteiger partial charge in [-0.1, -0.05) is 12.1 Å². The quantitative estimate of drug-likeness (QED) is 0.697. The van der Waals surface area contributed by atoms with E-state index in [9.17, 15) is 0 Å². The second kappa shape index (κ2) is 6.71. The number of methoxy groups -OCH3 is 1. The van der Waals surface area contributed by atoms with E-state index in [0.717, 1.165) is 43.5 Å². The highest BCUT2D eigenvalue weighted by Crippen LogP contribution is 2.32. The molecule has 2 atom stereocenters. The molecule has 0 aromatic heterocycles. The second-order valence-corrected chi connectivity index (χ2v) is 6.06. The summed E-state index contributed by atoms with van der Waals surface area (Å²) in [5.41, 5.74) is 1.16. The Morgan fingerprint density at radius 1 is 0.917 bits per heavy atom. The Balaban J connectivity index is 1.46. The minimum atomic E-state index is 0.355. The minimum Gasteiger partial charge on any atom is -0.493 e. The summed E-state index contributed by atoms with van der Waals surface area (Å²) in [6.45, 7) is 3.53. The molecule has 0 aliphatic carbocycles. The lowest BCUT2D eigenvalue weighted by molar-refractivity contribution is 0.379. The van der Waals surface area contributed by atoms with Crippen molar-refractivity contribution in [2.45, 2.75) is 12.2 Å². The van der Waals surface area contributed by atoms with Crippen LogP contribution in [0.4, 0.5) is 5.69 Å². The lowest BCUT2D eigenvalue weighted by atomic mass is 10.2. The van der Waals surface area contributed by atoms with Crippen molar-refractivity contribution in [1.82, 2.24) is 0 Å². The van der Waals surface area contributed by atoms with Gasteiger partial charge >= 0.3 is 0 Å². The van der Waals surface area contributed by atoms with E-state index < -0.39 is 0 Å². The zero-order valence-corrected chi connectivity index (χ0v) is 13.7. The summed E-state index contributed by atoms with van der Waals surface area (Å²) < 4.78 is 22.0. The van der Waals surface area contributed by atoms with E-state index in [4.69, 9.17) is 18.9 Å². The Morgan fingerprint density at radius 2 is 1.50 bits per heavy atom. The van der Waals surface area contributed by atoms with Gasteiger partial charge in [-0.05, 0) is 36.4 Å². The normalized spacial score (nSPS) is 21.2. The molecule has 5 nitrogen and oxygen atoms in total. The van der Waals surface area contributed by atoms with Gasteiger partial charge in [-0.3, -0.25) is 0 Å². The largest absolute Gasteiger partial charge is 0.493 e. The highest BCUT2D eigenvalue weighted by Gasteiger charge is 2.30. The van der Waals surface area contributed by atoms with Gasteiger partial charge in [0.2, 0.25) is 0 Å². The maximum Gasteiger partial charge on any atom is 0.169 e. The number of hydrogen-bond donors (Lipinski definition) is 0. The van der Waals surface area contributed by atoms with Gasteiger partial charge in [0, 0.05) is 18.8 Å². The predicted molar refractivity (Wildman–Crippen MR) is 91.2 cm³/mol. The molecule has 126 valence electrons. The Hall–Kier alpha value is -2.24. The smallest absolute Gasteiger partial charge is 0.169 e. The maximum absolute atomic E-state index is 5.93. The average molecular weight is 327 g/mol. The number of benzene rings is 2. The van der Waals surface area contributed by atoms with E-state index in [0.29, 0.717) is 18.0 Å². The summed E-state index contributed by atoms with van der Waals surface area (Å²) >= 11 is 0. The van der Waals surface area contributed by atoms with Gasteiger partial charge in [-0.15, -0.1) is 0 Å². The van der Waals surface area contributed by atoms with Gasteiger partial charge in [0.25, 0.3) is 0 Å². The molecular weight excluding hydrogens is 306 g/mol. The van der Waals surface area contributed by atoms with Gasteiger partial charge in [0.15, 0.2) is 11.5 Å². The Kier molecular flexibility index (Phi) is 4.28. The van der Waals surface area contributed by atoms with Gasteiger partial charge in [-0.2, -0.15) is 0 Å². The third-order valence-electron chi connectivity index (χ3n) is 4.15. The van der Waals surface area contributed by atoms with Crippen LogP contribution in [0.5, 0.6) is 17.2 Å². The first-order chi connectivity index (χ1) is 11.8. The fourth-order valence-electron chi connectivity index (χ4n) is 2.68. The number of para-hydroxylation sites is 2. The number of epoxide rings is 2. The molecular formula is C19H21NO4. The van der Waals surface area contributed by atoms with Crippen LogP contribution in [0.1, 0.15) is 0 Å². The van der Waals surface area contributed by atoms with Crippen LogP contribution in [-0.2, 0) is 9.47 Å². The fourth-order valence-corrected chi connectivity index (χ4v) is 2.68. The number of anilines is 1. The number of hydrogen-bond acceptors (Lipinski definition) is 5. The van der Waals surface area contributed by atoms with Crippen molar-refractivity contribution >= 4 is 5.69 Å². The van der Waals surface area contributed by atoms with E-state index in [1.807, 2.05) is 36.4 Å². The molecule has 0 spiro atoms. The van der Waals surface area contributed by atoms with E-state index in [1.54, 1.807) is 7.11 Å². The molecule has 2 fully saturated rings. The second-order valence-electron chi connectivity index (χ2n) is 6.06. The molecule has 2 unspecified atom stereocenters. The van der Waals surface area contributed by atoms with Crippen molar-refractivity contribution in [1.29, 1.82) is 0 Å². The molecule has 4 rings (SSSR count). The first-order valence-corrected chi connectivity index (χ1v) is 8.21. The van der Waals surface area contributed by atoms with Crippen molar-refractivity contribution in [3.05, 3.63) is 48.5 Å². The third-order valence-corrected chi connectivity index (χ3v) is 4.15. The molecule has 2 heterocycles. The molecule has 0 amide bonds. The highest BCUT2D eigenvalue weighted by molar-refractivity contribution is 5.51. The monoisotopic (exact) mass is 327 g/mol. The number of ether oxygens (including phenoxy) is 4. The van der Waals surface area contributed by atoms with Gasteiger partial charge < -0.3 is 23.8 Å². The van der Waals surface area contributed by atoms with Crippen molar-refractivity contribution in [2.24, 2.45) is 0 Å². The number of rotatable bonds is 8. The van der Waals surface area contributed by atoms with Gasteiger partial charge in [0.1, 0.15) is 5.75 Å². The topological polar surface area (TPSA) is 46.8 Å². The van der Waals surface area contributed by atoms with Gasteiger partial charge in [-0.25, -0.2) is 0 Å². The van der Waals surface area contributed by atoms with E-state index >= 15 is 0 Å². The summed E-state index contributed by atoms with van der Waals surface area (Å²) in [5.74, 6) is 2.22. The molecule has 2 aromatic carbocycles. The molecule has 0 saturated carbocycles. The fraction of sp³-hybridized carbons (Fsp3) is 0.368. The van der Waals surface area contributed by atoms with Crippen LogP contribution >= 0.6 is 0 Å². The standard InChI is InChI=1S/C19H21NO4/c1-21-18-4-2-3-5-19(18)24-15-8-6-14(7-9-15)20(10-16-12-22-16)11-17-13-23-17/h2-9,16-17H,10-13H2,1H3. The molecule has 2 saturated heterocycles. The van der Waals surface area contributed by atoms with E-state index in [-0.39, 0.29) is 0 Å². The minimum absolute atomic E-state index is 0.355. The molecule has 2 aliphatic heterocycles. The lowest BCUT2D eigenvalue weighted by Gasteiger charge is -2.23. The van der Waals surface area contributed by atoms with Crippen LogP contribution in [0, 0.1) is 0 Å². The van der Waals surface area contributed by atoms with E-state index in [2.05, 4.69) is 17.0 Å². The van der Waals surface area contributed by atoms with Crippen LogP contribution in [0.25, 0.3) is 0 Å². The molecule has 0 radical (unpaired) electrons. The van der Waals surface area contributed by atoms with Crippen LogP contribution in [0.2, 0.25) is 0 Å². The number of nitrogens with zero attached hydrogens (tertiary/aromatic N) is 1. The Labute approximate surface area is 141 Å². The zero-order valence-electron chi connectivity index (χ0n) is 13.7. The third kappa shape index (κ3) is 3.80. The summed E-state index contributed by atoms with van der Waals surface area (Å²) in [5, 5.41) is 0. The summed E-state index contributed by atoms with van der Waals surface area (Å²) in [6.07, 6.45) is 0.710. The molecule has 24 heavy (non-hydrogen) atoms. The van der Waals surface area contributed by atoms with Crippen molar-refractivity contribution < 1.29 is 18.9 Å². The SMILES string of the molecule is COc1ccccc1Oc1ccc(N(CC2CO2)CC2CO2)cc1. The molecule has 0 bridgehead atoms. The predicted octanol–water partition coefficient (Wildman–Crippen LogP) is 3.09. The van der Waals surface area contributed by atoms with Crippen molar-refractivity contribution in [2.75, 3.05) is 38.3 Å². The first-order valence-electron chi connectivity index (χ1n) is 8.21. The molecule has 5 heteroatoms. The van der Waals surface area contributed by atoms with Crippen molar-refractivity contribution in [3.63, 3.8) is 0 Å². The molecule has 0 N–H and O–H groups in total. The molecule has 2 aromatic rings. The maximum atomic E-state index is 5.93. The highest BCUT2D eigenvalue weighted by atomic mass is 16.6. The van der Waals surface area contributed by atoms with Crippen LogP contribution in [0.3, 0.4) is 0 Å². The Bertz CT molecular complexity index is 666. The lowest BCUT2D eigenvalue weighted by Crippen LogP contribution is -2.31. The van der Waals surface area contributed by atoms with Crippen molar-refractivity contribution in [3.8, 4) is 17.2 Å². The van der Waals surface area contributed by atoms with Crippen LogP contribution in [-0.4, -0.2) is 45.6 Å². The summed E-state index contributed by atoms with van der Waals surface area (Å²) in [6, 6.07) is 15.8. The zero-order chi connectivity index (χ0) is 16.4. The molecule has 2 aliphatic rings. The van der Waals surface area contributed by atoms with E-state index in [1.165, 1.54) is 0 Å². The van der Waals surface area contributed by atoms with Gasteiger partial charge in [0.05, 0.1) is 32.5 Å².